The zero-order valence-electron chi connectivity index (χ0n) is 17.0. The Kier molecular flexibility index (Phi) is 4.46. The second kappa shape index (κ2) is 7.29. The van der Waals surface area contributed by atoms with Gasteiger partial charge in [0, 0.05) is 38.4 Å². The van der Waals surface area contributed by atoms with Gasteiger partial charge in [0.25, 0.3) is 0 Å². The molecule has 0 unspecified atom stereocenters. The van der Waals surface area contributed by atoms with Crippen LogP contribution in [0.25, 0.3) is 16.9 Å². The average Bonchev–Trinajstić information content (AvgIpc) is 3.33. The third kappa shape index (κ3) is 3.30. The number of carbonyl (C=O) groups is 1. The van der Waals surface area contributed by atoms with E-state index in [0.29, 0.717) is 19.6 Å². The minimum absolute atomic E-state index is 0.0436. The lowest BCUT2D eigenvalue weighted by molar-refractivity contribution is -0.125. The molecule has 0 bridgehead atoms. The van der Waals surface area contributed by atoms with E-state index >= 15 is 0 Å². The van der Waals surface area contributed by atoms with Crippen LogP contribution in [0.2, 0.25) is 0 Å². The summed E-state index contributed by atoms with van der Waals surface area (Å²) in [7, 11) is 1.89. The summed E-state index contributed by atoms with van der Waals surface area (Å²) in [6.07, 6.45) is 5.37. The van der Waals surface area contributed by atoms with Gasteiger partial charge in [0.2, 0.25) is 11.9 Å². The van der Waals surface area contributed by atoms with E-state index < -0.39 is 0 Å². The average molecular weight is 401 g/mol. The minimum Gasteiger partial charge on any atom is -0.352 e. The normalized spacial score (nSPS) is 14.1. The molecule has 1 aliphatic rings. The van der Waals surface area contributed by atoms with Crippen LogP contribution in [-0.2, 0) is 18.4 Å². The number of hydrogen-bond acceptors (Lipinski definition) is 5. The maximum absolute atomic E-state index is 12.6. The molecule has 0 radical (unpaired) electrons. The molecule has 30 heavy (non-hydrogen) atoms. The minimum atomic E-state index is -0.0436. The van der Waals surface area contributed by atoms with Crippen molar-refractivity contribution in [1.29, 1.82) is 0 Å². The van der Waals surface area contributed by atoms with Crippen LogP contribution < -0.4 is 10.2 Å². The van der Waals surface area contributed by atoms with Gasteiger partial charge in [0.15, 0.2) is 0 Å². The van der Waals surface area contributed by atoms with Crippen molar-refractivity contribution in [3.63, 3.8) is 0 Å². The maximum Gasteiger partial charge on any atom is 0.226 e. The first-order valence-corrected chi connectivity index (χ1v) is 9.98. The van der Waals surface area contributed by atoms with Gasteiger partial charge >= 0.3 is 0 Å². The van der Waals surface area contributed by atoms with Gasteiger partial charge < -0.3 is 10.2 Å². The van der Waals surface area contributed by atoms with Crippen LogP contribution in [0.3, 0.4) is 0 Å². The van der Waals surface area contributed by atoms with E-state index in [1.54, 1.807) is 11.0 Å². The number of nitrogens with zero attached hydrogens (tertiary/aromatic N) is 6. The highest BCUT2D eigenvalue weighted by atomic mass is 16.2. The molecule has 0 saturated carbocycles. The van der Waals surface area contributed by atoms with E-state index in [-0.39, 0.29) is 11.8 Å². The molecule has 0 aliphatic carbocycles. The van der Waals surface area contributed by atoms with Gasteiger partial charge in [0.05, 0.1) is 17.8 Å². The number of aromatic nitrogens is 5. The fourth-order valence-electron chi connectivity index (χ4n) is 3.78. The van der Waals surface area contributed by atoms with Gasteiger partial charge in [0.1, 0.15) is 12.0 Å². The molecule has 5 rings (SSSR count). The molecular formula is C22H23N7O. The Bertz CT molecular complexity index is 1200. The monoisotopic (exact) mass is 401 g/mol. The van der Waals surface area contributed by atoms with Crippen molar-refractivity contribution in [2.24, 2.45) is 13.0 Å². The van der Waals surface area contributed by atoms with Crippen molar-refractivity contribution in [1.82, 2.24) is 29.5 Å². The molecule has 4 aromatic rings. The Hall–Kier alpha value is -3.68. The third-order valence-corrected chi connectivity index (χ3v) is 5.55. The molecule has 1 aromatic carbocycles. The van der Waals surface area contributed by atoms with Gasteiger partial charge in [-0.15, -0.1) is 0 Å². The molecule has 152 valence electrons. The first kappa shape index (κ1) is 18.4. The van der Waals surface area contributed by atoms with Gasteiger partial charge in [-0.3, -0.25) is 13.9 Å². The molecule has 4 heterocycles. The second-order valence-electron chi connectivity index (χ2n) is 7.79. The molecule has 1 N–H and O–H groups in total. The molecule has 0 atom stereocenters. The zero-order chi connectivity index (χ0) is 20.7. The number of nitrogens with one attached hydrogen (secondary N) is 1. The molecule has 8 heteroatoms. The third-order valence-electron chi connectivity index (χ3n) is 5.55. The number of amides is 1. The van der Waals surface area contributed by atoms with Gasteiger partial charge in [-0.05, 0) is 24.6 Å². The summed E-state index contributed by atoms with van der Waals surface area (Å²) in [6.45, 7) is 3.88. The molecule has 3 aromatic heterocycles. The first-order chi connectivity index (χ1) is 14.6. The molecule has 8 nitrogen and oxygen atoms in total. The lowest BCUT2D eigenvalue weighted by Crippen LogP contribution is -2.54. The van der Waals surface area contributed by atoms with Gasteiger partial charge in [-0.2, -0.15) is 5.10 Å². The number of fused-ring (bicyclic) bond motifs is 1. The summed E-state index contributed by atoms with van der Waals surface area (Å²) in [4.78, 5) is 23.6. The number of rotatable bonds is 5. The quantitative estimate of drug-likeness (QED) is 0.555. The fraction of sp³-hybridized carbons (Fsp3) is 0.273. The summed E-state index contributed by atoms with van der Waals surface area (Å²) in [5.74, 6) is 0.835. The van der Waals surface area contributed by atoms with Crippen molar-refractivity contribution < 1.29 is 4.79 Å². The summed E-state index contributed by atoms with van der Waals surface area (Å²) in [5, 5.41) is 7.32. The Labute approximate surface area is 174 Å². The van der Waals surface area contributed by atoms with Crippen LogP contribution in [0.5, 0.6) is 0 Å². The number of anilines is 1. The summed E-state index contributed by atoms with van der Waals surface area (Å²) in [6, 6.07) is 12.2. The van der Waals surface area contributed by atoms with Crippen LogP contribution in [0.15, 0.2) is 55.1 Å². The number of benzene rings is 1. The summed E-state index contributed by atoms with van der Waals surface area (Å²) >= 11 is 0. The number of carbonyl (C=O) groups excluding carboxylic acids is 1. The highest BCUT2D eigenvalue weighted by Crippen LogP contribution is 2.29. The second-order valence-corrected chi connectivity index (χ2v) is 7.79. The number of aryl methyl sites for hydroxylation is 2. The maximum atomic E-state index is 12.6. The van der Waals surface area contributed by atoms with Crippen LogP contribution >= 0.6 is 0 Å². The first-order valence-electron chi connectivity index (χ1n) is 9.98. The predicted molar refractivity (Wildman–Crippen MR) is 114 cm³/mol. The molecule has 1 fully saturated rings. The molecular weight excluding hydrogens is 378 g/mol. The molecule has 1 amide bonds. The van der Waals surface area contributed by atoms with Crippen molar-refractivity contribution in [2.75, 3.05) is 18.0 Å². The van der Waals surface area contributed by atoms with Crippen molar-refractivity contribution >= 4 is 17.5 Å². The largest absolute Gasteiger partial charge is 0.352 e. The van der Waals surface area contributed by atoms with E-state index in [9.17, 15) is 4.79 Å². The van der Waals surface area contributed by atoms with Crippen LogP contribution in [-0.4, -0.2) is 43.1 Å². The van der Waals surface area contributed by atoms with E-state index in [0.717, 1.165) is 28.4 Å². The summed E-state index contributed by atoms with van der Waals surface area (Å²) in [5.41, 5.74) is 5.14. The lowest BCUT2D eigenvalue weighted by atomic mass is 9.99. The Morgan fingerprint density at radius 2 is 1.93 bits per heavy atom. The van der Waals surface area contributed by atoms with Crippen LogP contribution in [0, 0.1) is 12.8 Å². The van der Waals surface area contributed by atoms with Crippen LogP contribution in [0.4, 0.5) is 5.95 Å². The molecule has 1 saturated heterocycles. The standard InChI is InChI=1S/C22H23N7O/c1-15-3-5-16(6-4-15)9-23-21(30)18-12-28(13-18)22-25-14-24-20-8-7-19(29(20)22)17-10-26-27(2)11-17/h3-8,10-11,14,18H,9,12-13H2,1-2H3,(H,23,30). The predicted octanol–water partition coefficient (Wildman–Crippen LogP) is 2.19. The van der Waals surface area contributed by atoms with Crippen molar-refractivity contribution in [3.8, 4) is 11.3 Å². The van der Waals surface area contributed by atoms with Crippen molar-refractivity contribution in [3.05, 3.63) is 66.2 Å². The Balaban J connectivity index is 1.29. The van der Waals surface area contributed by atoms with E-state index in [1.807, 2.05) is 48.1 Å². The summed E-state index contributed by atoms with van der Waals surface area (Å²) < 4.78 is 3.80. The van der Waals surface area contributed by atoms with E-state index in [2.05, 4.69) is 44.3 Å². The number of hydrogen-bond donors (Lipinski definition) is 1. The Morgan fingerprint density at radius 1 is 1.13 bits per heavy atom. The zero-order valence-corrected chi connectivity index (χ0v) is 17.0. The van der Waals surface area contributed by atoms with Gasteiger partial charge in [-0.25, -0.2) is 9.97 Å². The fourth-order valence-corrected chi connectivity index (χ4v) is 3.78. The van der Waals surface area contributed by atoms with E-state index in [4.69, 9.17) is 0 Å². The molecule has 0 spiro atoms. The smallest absolute Gasteiger partial charge is 0.226 e. The highest BCUT2D eigenvalue weighted by Gasteiger charge is 2.35. The topological polar surface area (TPSA) is 80.3 Å². The van der Waals surface area contributed by atoms with Crippen LogP contribution in [0.1, 0.15) is 11.1 Å². The molecule has 1 aliphatic heterocycles. The van der Waals surface area contributed by atoms with Gasteiger partial charge in [-0.1, -0.05) is 29.8 Å². The lowest BCUT2D eigenvalue weighted by Gasteiger charge is -2.39. The Morgan fingerprint density at radius 3 is 2.67 bits per heavy atom. The highest BCUT2D eigenvalue weighted by molar-refractivity contribution is 5.82. The van der Waals surface area contributed by atoms with Crippen molar-refractivity contribution in [2.45, 2.75) is 13.5 Å². The van der Waals surface area contributed by atoms with E-state index in [1.165, 1.54) is 5.56 Å². The SMILES string of the molecule is Cc1ccc(CNC(=O)C2CN(c3ncnc4ccc(-c5cnn(C)c5)n34)C2)cc1.